The van der Waals surface area contributed by atoms with Crippen molar-refractivity contribution >= 4 is 51.3 Å². The lowest BCUT2D eigenvalue weighted by Gasteiger charge is -2.35. The summed E-state index contributed by atoms with van der Waals surface area (Å²) in [4.78, 5) is 44.7. The molecule has 2 saturated heterocycles. The molecule has 4 rings (SSSR count). The lowest BCUT2D eigenvalue weighted by atomic mass is 10.2. The summed E-state index contributed by atoms with van der Waals surface area (Å²) in [6.45, 7) is 18.2. The van der Waals surface area contributed by atoms with Crippen molar-refractivity contribution in [2.24, 2.45) is 0 Å². The van der Waals surface area contributed by atoms with Gasteiger partial charge in [0.1, 0.15) is 11.2 Å². The van der Waals surface area contributed by atoms with Gasteiger partial charge in [-0.1, -0.05) is 15.9 Å². The molecule has 2 aromatic heterocycles. The van der Waals surface area contributed by atoms with Crippen LogP contribution in [0.5, 0.6) is 0 Å². The third-order valence-corrected chi connectivity index (χ3v) is 6.74. The smallest absolute Gasteiger partial charge is 0.410 e. The lowest BCUT2D eigenvalue weighted by Crippen LogP contribution is -2.49. The molecule has 12 nitrogen and oxygen atoms in total. The van der Waals surface area contributed by atoms with Gasteiger partial charge in [-0.15, -0.1) is 0 Å². The largest absolute Gasteiger partial charge is 0.444 e. The van der Waals surface area contributed by atoms with E-state index >= 15 is 0 Å². The Morgan fingerprint density at radius 3 is 1.53 bits per heavy atom. The number of aromatic nitrogens is 4. The molecule has 0 bridgehead atoms. The van der Waals surface area contributed by atoms with Gasteiger partial charge in [0.15, 0.2) is 0 Å². The van der Waals surface area contributed by atoms with Gasteiger partial charge in [-0.05, 0) is 70.3 Å². The summed E-state index contributed by atoms with van der Waals surface area (Å²) >= 11 is 14.4. The van der Waals surface area contributed by atoms with Gasteiger partial charge in [0.25, 0.3) is 0 Å². The van der Waals surface area contributed by atoms with Gasteiger partial charge in [0.05, 0.1) is 0 Å². The average Bonchev–Trinajstić information content (AvgIpc) is 2.94. The van der Waals surface area contributed by atoms with Gasteiger partial charge in [-0.25, -0.2) is 29.5 Å². The number of carbonyl (C=O) groups excluding carboxylic acids is 2. The normalized spacial score (nSPS) is 15.8. The van der Waals surface area contributed by atoms with Crippen LogP contribution in [0.15, 0.2) is 24.8 Å². The molecule has 2 aliphatic heterocycles. The molecule has 1 N–H and O–H groups in total. The van der Waals surface area contributed by atoms with Crippen molar-refractivity contribution in [3.63, 3.8) is 0 Å². The summed E-state index contributed by atoms with van der Waals surface area (Å²) in [7, 11) is 0. The van der Waals surface area contributed by atoms with Crippen LogP contribution in [0.3, 0.4) is 0 Å². The van der Waals surface area contributed by atoms with Crippen molar-refractivity contribution in [2.45, 2.75) is 64.6 Å². The number of nitrogens with zero attached hydrogens (tertiary/aromatic N) is 7. The van der Waals surface area contributed by atoms with Crippen molar-refractivity contribution in [3.8, 4) is 0 Å². The van der Waals surface area contributed by atoms with Gasteiger partial charge in [-0.3, -0.25) is 4.90 Å². The Morgan fingerprint density at radius 2 is 1.14 bits per heavy atom. The monoisotopic (exact) mass is 704 g/mol. The first kappa shape index (κ1) is 36.9. The van der Waals surface area contributed by atoms with Crippen LogP contribution < -0.4 is 5.32 Å². The Balaban J connectivity index is 0.000000249. The standard InChI is InChI=1S/C14H21ClN4O2.C9H18N2O2.C5H4BrClN2/c1-14(2,3)21-13(20)19-6-4-18(5-7-19)10-11-8-16-12(15)17-9-11;1-9(2,3)13-8(12)11-6-4-10-5-7-11;6-1-4-2-8-5(7)9-3-4/h8-9H,4-7,10H2,1-3H3;10H,4-7H2,1-3H3;2-3H,1H2. The zero-order chi connectivity index (χ0) is 32.0. The molecule has 0 spiro atoms. The highest BCUT2D eigenvalue weighted by Gasteiger charge is 2.26. The SMILES string of the molecule is CC(C)(C)OC(=O)N1CCN(Cc2cnc(Cl)nc2)CC1.CC(C)(C)OC(=O)N1CCNCC1.Clc1ncc(CBr)cn1. The summed E-state index contributed by atoms with van der Waals surface area (Å²) in [6, 6.07) is 0. The Labute approximate surface area is 273 Å². The summed E-state index contributed by atoms with van der Waals surface area (Å²) in [5.41, 5.74) is 1.21. The van der Waals surface area contributed by atoms with E-state index in [1.165, 1.54) is 0 Å². The van der Waals surface area contributed by atoms with E-state index in [0.29, 0.717) is 18.4 Å². The number of alkyl halides is 1. The van der Waals surface area contributed by atoms with Crippen molar-refractivity contribution in [1.82, 2.24) is 40.0 Å². The minimum absolute atomic E-state index is 0.200. The van der Waals surface area contributed by atoms with Crippen LogP contribution in [-0.4, -0.2) is 110 Å². The fraction of sp³-hybridized carbons (Fsp3) is 0.643. The molecular formula is C28H43BrCl2N8O4. The van der Waals surface area contributed by atoms with Crippen LogP contribution in [0.1, 0.15) is 52.7 Å². The fourth-order valence-electron chi connectivity index (χ4n) is 3.68. The maximum Gasteiger partial charge on any atom is 0.410 e. The van der Waals surface area contributed by atoms with Gasteiger partial charge >= 0.3 is 12.2 Å². The van der Waals surface area contributed by atoms with Crippen molar-refractivity contribution in [1.29, 1.82) is 0 Å². The summed E-state index contributed by atoms with van der Waals surface area (Å²) in [6.07, 6.45) is 6.39. The molecule has 0 unspecified atom stereocenters. The van der Waals surface area contributed by atoms with Crippen LogP contribution in [0.4, 0.5) is 9.59 Å². The van der Waals surface area contributed by atoms with E-state index < -0.39 is 5.60 Å². The fourth-order valence-corrected chi connectivity index (χ4v) is 4.16. The van der Waals surface area contributed by atoms with Crippen LogP contribution in [0.25, 0.3) is 0 Å². The van der Waals surface area contributed by atoms with Crippen molar-refractivity contribution in [3.05, 3.63) is 46.5 Å². The number of rotatable bonds is 3. The lowest BCUT2D eigenvalue weighted by molar-refractivity contribution is 0.0138. The number of amides is 2. The summed E-state index contributed by atoms with van der Waals surface area (Å²) < 4.78 is 10.6. The van der Waals surface area contributed by atoms with Gasteiger partial charge in [-0.2, -0.15) is 0 Å². The number of hydrogen-bond acceptors (Lipinski definition) is 10. The molecule has 0 aromatic carbocycles. The molecule has 0 aliphatic carbocycles. The molecule has 2 amide bonds. The molecule has 2 aromatic rings. The van der Waals surface area contributed by atoms with Gasteiger partial charge < -0.3 is 24.6 Å². The zero-order valence-corrected chi connectivity index (χ0v) is 28.9. The van der Waals surface area contributed by atoms with E-state index in [4.69, 9.17) is 32.7 Å². The predicted octanol–water partition coefficient (Wildman–Crippen LogP) is 5.03. The maximum atomic E-state index is 12.0. The van der Waals surface area contributed by atoms with Gasteiger partial charge in [0.2, 0.25) is 10.6 Å². The van der Waals surface area contributed by atoms with Crippen LogP contribution >= 0.6 is 39.1 Å². The van der Waals surface area contributed by atoms with E-state index in [0.717, 1.165) is 62.3 Å². The number of ether oxygens (including phenoxy) is 2. The molecule has 0 radical (unpaired) electrons. The first-order valence-electron chi connectivity index (χ1n) is 14.0. The number of halogens is 3. The summed E-state index contributed by atoms with van der Waals surface area (Å²) in [5.74, 6) is 0. The highest BCUT2D eigenvalue weighted by atomic mass is 79.9. The number of carbonyl (C=O) groups is 2. The Bertz CT molecular complexity index is 1120. The van der Waals surface area contributed by atoms with Crippen LogP contribution in [0.2, 0.25) is 10.6 Å². The highest BCUT2D eigenvalue weighted by Crippen LogP contribution is 2.14. The molecule has 240 valence electrons. The second-order valence-electron chi connectivity index (χ2n) is 11.8. The topological polar surface area (TPSA) is 126 Å². The van der Waals surface area contributed by atoms with Crippen molar-refractivity contribution < 1.29 is 19.1 Å². The van der Waals surface area contributed by atoms with E-state index in [-0.39, 0.29) is 23.1 Å². The van der Waals surface area contributed by atoms with E-state index in [9.17, 15) is 9.59 Å². The molecule has 4 heterocycles. The number of piperazine rings is 2. The average molecular weight is 707 g/mol. The maximum absolute atomic E-state index is 12.0. The number of hydrogen-bond donors (Lipinski definition) is 1. The molecule has 0 atom stereocenters. The first-order chi connectivity index (χ1) is 20.1. The minimum atomic E-state index is -0.450. The van der Waals surface area contributed by atoms with E-state index in [2.05, 4.69) is 46.1 Å². The van der Waals surface area contributed by atoms with Crippen LogP contribution in [-0.2, 0) is 21.3 Å². The third kappa shape index (κ3) is 15.8. The molecule has 2 aliphatic rings. The Hall–Kier alpha value is -2.32. The highest BCUT2D eigenvalue weighted by molar-refractivity contribution is 9.08. The van der Waals surface area contributed by atoms with Crippen LogP contribution in [0, 0.1) is 0 Å². The first-order valence-corrected chi connectivity index (χ1v) is 15.9. The van der Waals surface area contributed by atoms with Gasteiger partial charge in [0, 0.05) is 94.6 Å². The quantitative estimate of drug-likeness (QED) is 0.343. The van der Waals surface area contributed by atoms with E-state index in [1.807, 2.05) is 41.5 Å². The molecular weight excluding hydrogens is 663 g/mol. The third-order valence-electron chi connectivity index (χ3n) is 5.70. The molecule has 15 heteroatoms. The number of nitrogens with one attached hydrogen (secondary N) is 1. The van der Waals surface area contributed by atoms with E-state index in [1.54, 1.807) is 34.6 Å². The predicted molar refractivity (Wildman–Crippen MR) is 170 cm³/mol. The zero-order valence-electron chi connectivity index (χ0n) is 25.8. The second-order valence-corrected chi connectivity index (χ2v) is 13.1. The molecule has 2 fully saturated rings. The van der Waals surface area contributed by atoms with Crippen molar-refractivity contribution in [2.75, 3.05) is 52.4 Å². The summed E-state index contributed by atoms with van der Waals surface area (Å²) in [5, 5.41) is 4.50. The Morgan fingerprint density at radius 1 is 0.744 bits per heavy atom. The Kier molecular flexibility index (Phi) is 15.3. The molecule has 0 saturated carbocycles. The molecule has 43 heavy (non-hydrogen) atoms. The second kappa shape index (κ2) is 17.8. The minimum Gasteiger partial charge on any atom is -0.444 e.